The van der Waals surface area contributed by atoms with Gasteiger partial charge in [0.15, 0.2) is 17.2 Å². The number of allylic oxidation sites excluding steroid dienone is 2. The van der Waals surface area contributed by atoms with Crippen LogP contribution in [0.25, 0.3) is 16.7 Å². The first-order chi connectivity index (χ1) is 15.5. The number of hydrogen-bond donors (Lipinski definition) is 2. The van der Waals surface area contributed by atoms with Crippen molar-refractivity contribution < 1.29 is 24.1 Å². The molecule has 32 heavy (non-hydrogen) atoms. The molecule has 9 nitrogen and oxygen atoms in total. The van der Waals surface area contributed by atoms with Gasteiger partial charge in [-0.25, -0.2) is 19.7 Å². The van der Waals surface area contributed by atoms with Crippen LogP contribution >= 0.6 is 0 Å². The molecule has 2 atom stereocenters. The minimum absolute atomic E-state index is 0.00693. The predicted octanol–water partition coefficient (Wildman–Crippen LogP) is 2.98. The van der Waals surface area contributed by atoms with Crippen LogP contribution in [0, 0.1) is 11.7 Å². The van der Waals surface area contributed by atoms with Crippen molar-refractivity contribution in [1.29, 1.82) is 0 Å². The standard InChI is InChI=1S/C22H22FN5O4/c23-15-10-24-19(27-21(15)29)13-3-1-12(2-4-13)9-18-25-16-5-6-17(22(30)31)26-20(16)28(18)11-14-7-8-32-14/h3,5-6,10,12,14H,1-2,4,7-9,11H2,(H,30,31)(H,24,27,29)/t12?,14-/m0/s1. The zero-order chi connectivity index (χ0) is 22.2. The van der Waals surface area contributed by atoms with Crippen LogP contribution in [-0.2, 0) is 17.7 Å². The van der Waals surface area contributed by atoms with Crippen molar-refractivity contribution in [2.24, 2.45) is 5.92 Å². The number of nitrogens with zero attached hydrogens (tertiary/aromatic N) is 5. The molecule has 10 heteroatoms. The molecule has 166 valence electrons. The van der Waals surface area contributed by atoms with E-state index < -0.39 is 17.7 Å². The van der Waals surface area contributed by atoms with Crippen molar-refractivity contribution in [2.45, 2.75) is 44.8 Å². The Morgan fingerprint density at radius 3 is 2.75 bits per heavy atom. The molecule has 0 spiro atoms. The second-order valence-electron chi connectivity index (χ2n) is 8.20. The second-order valence-corrected chi connectivity index (χ2v) is 8.20. The largest absolute Gasteiger partial charge is 0.491 e. The Hall–Kier alpha value is -3.40. The minimum atomic E-state index is -1.07. The average molecular weight is 439 g/mol. The number of aromatic hydroxyl groups is 1. The Balaban J connectivity index is 1.38. The van der Waals surface area contributed by atoms with Crippen molar-refractivity contribution in [1.82, 2.24) is 24.5 Å². The molecule has 1 saturated heterocycles. The Bertz CT molecular complexity index is 1220. The van der Waals surface area contributed by atoms with Crippen molar-refractivity contribution in [3.63, 3.8) is 0 Å². The molecule has 2 aliphatic rings. The van der Waals surface area contributed by atoms with Crippen LogP contribution in [0.15, 0.2) is 24.4 Å². The van der Waals surface area contributed by atoms with Gasteiger partial charge in [0, 0.05) is 13.0 Å². The highest BCUT2D eigenvalue weighted by atomic mass is 19.1. The Labute approximate surface area is 182 Å². The number of hydrogen-bond acceptors (Lipinski definition) is 7. The molecule has 0 radical (unpaired) electrons. The van der Waals surface area contributed by atoms with Gasteiger partial charge in [0.25, 0.3) is 5.88 Å². The molecule has 2 N–H and O–H groups in total. The molecular formula is C22H22FN5O4. The third kappa shape index (κ3) is 3.93. The lowest BCUT2D eigenvalue weighted by Crippen LogP contribution is -2.32. The van der Waals surface area contributed by atoms with E-state index in [4.69, 9.17) is 9.72 Å². The highest BCUT2D eigenvalue weighted by Crippen LogP contribution is 2.32. The molecule has 3 aromatic heterocycles. The zero-order valence-corrected chi connectivity index (χ0v) is 17.2. The summed E-state index contributed by atoms with van der Waals surface area (Å²) in [4.78, 5) is 28.3. The number of aromatic carboxylic acids is 1. The summed E-state index contributed by atoms with van der Waals surface area (Å²) < 4.78 is 20.8. The van der Waals surface area contributed by atoms with E-state index in [1.54, 1.807) is 6.07 Å². The number of ether oxygens (including phenoxy) is 1. The molecule has 0 amide bonds. The monoisotopic (exact) mass is 439 g/mol. The smallest absolute Gasteiger partial charge is 0.354 e. The summed E-state index contributed by atoms with van der Waals surface area (Å²) in [5, 5.41) is 18.8. The fourth-order valence-corrected chi connectivity index (χ4v) is 4.20. The van der Waals surface area contributed by atoms with Gasteiger partial charge in [0.1, 0.15) is 11.3 Å². The second kappa shape index (κ2) is 8.27. The van der Waals surface area contributed by atoms with Gasteiger partial charge in [-0.15, -0.1) is 0 Å². The van der Waals surface area contributed by atoms with Crippen LogP contribution in [0.5, 0.6) is 5.88 Å². The molecule has 1 aliphatic carbocycles. The lowest BCUT2D eigenvalue weighted by Gasteiger charge is -2.28. The average Bonchev–Trinajstić information content (AvgIpc) is 3.09. The first-order valence-electron chi connectivity index (χ1n) is 10.6. The van der Waals surface area contributed by atoms with Crippen molar-refractivity contribution in [3.05, 3.63) is 47.6 Å². The van der Waals surface area contributed by atoms with E-state index in [2.05, 4.69) is 15.0 Å². The lowest BCUT2D eigenvalue weighted by molar-refractivity contribution is -0.0591. The normalized spacial score (nSPS) is 20.7. The topological polar surface area (TPSA) is 123 Å². The zero-order valence-electron chi connectivity index (χ0n) is 17.2. The maximum Gasteiger partial charge on any atom is 0.354 e. The number of pyridine rings is 1. The highest BCUT2D eigenvalue weighted by molar-refractivity contribution is 5.88. The number of rotatable bonds is 6. The van der Waals surface area contributed by atoms with Gasteiger partial charge >= 0.3 is 5.97 Å². The lowest BCUT2D eigenvalue weighted by atomic mass is 9.87. The minimum Gasteiger partial charge on any atom is -0.491 e. The van der Waals surface area contributed by atoms with Gasteiger partial charge in [0.05, 0.1) is 18.8 Å². The maximum atomic E-state index is 13.2. The summed E-state index contributed by atoms with van der Waals surface area (Å²) >= 11 is 0. The number of carboxylic acids is 1. The fraction of sp³-hybridized carbons (Fsp3) is 0.409. The summed E-state index contributed by atoms with van der Waals surface area (Å²) in [6.07, 6.45) is 7.11. The maximum absolute atomic E-state index is 13.2. The summed E-state index contributed by atoms with van der Waals surface area (Å²) in [5.41, 5.74) is 2.12. The number of imidazole rings is 1. The van der Waals surface area contributed by atoms with Crippen LogP contribution < -0.4 is 0 Å². The quantitative estimate of drug-likeness (QED) is 0.601. The fourth-order valence-electron chi connectivity index (χ4n) is 4.20. The molecule has 4 heterocycles. The summed E-state index contributed by atoms with van der Waals surface area (Å²) in [7, 11) is 0. The van der Waals surface area contributed by atoms with E-state index in [0.29, 0.717) is 42.3 Å². The number of fused-ring (bicyclic) bond motifs is 1. The SMILES string of the molecule is O=C(O)c1ccc2nc(CC3CC=C(c4ncc(F)c(O)n4)CC3)n(C[C@@H]3CCO3)c2n1. The van der Waals surface area contributed by atoms with Crippen LogP contribution in [0.1, 0.15) is 47.8 Å². The van der Waals surface area contributed by atoms with Gasteiger partial charge < -0.3 is 19.5 Å². The summed E-state index contributed by atoms with van der Waals surface area (Å²) in [6, 6.07) is 3.17. The molecule has 0 saturated carbocycles. The first kappa shape index (κ1) is 20.5. The molecular weight excluding hydrogens is 417 g/mol. The highest BCUT2D eigenvalue weighted by Gasteiger charge is 2.25. The molecule has 0 aromatic carbocycles. The van der Waals surface area contributed by atoms with Crippen LogP contribution in [-0.4, -0.2) is 53.4 Å². The molecule has 5 rings (SSSR count). The van der Waals surface area contributed by atoms with Gasteiger partial charge in [-0.1, -0.05) is 6.08 Å². The Morgan fingerprint density at radius 1 is 1.25 bits per heavy atom. The summed E-state index contributed by atoms with van der Waals surface area (Å²) in [6.45, 7) is 1.33. The molecule has 1 aliphatic heterocycles. The molecule has 1 fully saturated rings. The molecule has 1 unspecified atom stereocenters. The molecule has 0 bridgehead atoms. The number of carboxylic acid groups (broad SMARTS) is 1. The van der Waals surface area contributed by atoms with E-state index in [9.17, 15) is 19.4 Å². The summed E-state index contributed by atoms with van der Waals surface area (Å²) in [5.74, 6) is -1.01. The van der Waals surface area contributed by atoms with Gasteiger partial charge in [-0.2, -0.15) is 9.37 Å². The first-order valence-corrected chi connectivity index (χ1v) is 10.6. The van der Waals surface area contributed by atoms with Crippen LogP contribution in [0.4, 0.5) is 4.39 Å². The van der Waals surface area contributed by atoms with Crippen molar-refractivity contribution in [2.75, 3.05) is 6.61 Å². The Kier molecular flexibility index (Phi) is 5.30. The van der Waals surface area contributed by atoms with E-state index in [0.717, 1.165) is 43.5 Å². The van der Waals surface area contributed by atoms with E-state index in [1.165, 1.54) is 6.07 Å². The van der Waals surface area contributed by atoms with Crippen LogP contribution in [0.2, 0.25) is 0 Å². The third-order valence-corrected chi connectivity index (χ3v) is 6.07. The predicted molar refractivity (Wildman–Crippen MR) is 112 cm³/mol. The molecule has 3 aromatic rings. The van der Waals surface area contributed by atoms with Gasteiger partial charge in [-0.3, -0.25) is 0 Å². The Morgan fingerprint density at radius 2 is 2.09 bits per heavy atom. The number of carbonyl (C=O) groups is 1. The van der Waals surface area contributed by atoms with Crippen LogP contribution in [0.3, 0.4) is 0 Å². The van der Waals surface area contributed by atoms with E-state index >= 15 is 0 Å². The third-order valence-electron chi connectivity index (χ3n) is 6.07. The van der Waals surface area contributed by atoms with E-state index in [1.807, 2.05) is 10.6 Å². The number of aromatic nitrogens is 5. The van der Waals surface area contributed by atoms with Gasteiger partial charge in [-0.05, 0) is 49.3 Å². The number of halogens is 1. The van der Waals surface area contributed by atoms with E-state index in [-0.39, 0.29) is 11.8 Å². The van der Waals surface area contributed by atoms with Crippen molar-refractivity contribution in [3.8, 4) is 5.88 Å². The van der Waals surface area contributed by atoms with Crippen molar-refractivity contribution >= 4 is 22.7 Å². The van der Waals surface area contributed by atoms with Gasteiger partial charge in [0.2, 0.25) is 5.82 Å².